The first-order chi connectivity index (χ1) is 19.8. The van der Waals surface area contributed by atoms with E-state index in [1.165, 1.54) is 71.6 Å². The molecule has 0 N–H and O–H groups in total. The van der Waals surface area contributed by atoms with Crippen LogP contribution in [0.5, 0.6) is 0 Å². The first-order valence-electron chi connectivity index (χ1n) is 14.0. The van der Waals surface area contributed by atoms with Gasteiger partial charge in [0.2, 0.25) is 0 Å². The number of hydrogen-bond donors (Lipinski definition) is 0. The fraction of sp³-hybridized carbons (Fsp3) is 0.0500. The van der Waals surface area contributed by atoms with Crippen LogP contribution < -0.4 is 0 Å². The normalized spacial score (nSPS) is 13.3. The SMILES string of the molecule is Cc1c2ccccc2c(-c2ccc3c(c2)C(c2ccccc2)(c2ccccc2)c2ccccc2-3)c2ccccc12. The summed E-state index contributed by atoms with van der Waals surface area (Å²) in [7, 11) is 0. The lowest BCUT2D eigenvalue weighted by Gasteiger charge is -2.34. The molecule has 0 nitrogen and oxygen atoms in total. The highest BCUT2D eigenvalue weighted by Gasteiger charge is 2.46. The third-order valence-corrected chi connectivity index (χ3v) is 8.95. The Morgan fingerprint density at radius 3 is 1.48 bits per heavy atom. The minimum Gasteiger partial charge on any atom is -0.0622 e. The molecule has 7 aromatic rings. The molecule has 0 fully saturated rings. The zero-order valence-corrected chi connectivity index (χ0v) is 22.4. The summed E-state index contributed by atoms with van der Waals surface area (Å²) < 4.78 is 0. The van der Waals surface area contributed by atoms with Crippen LogP contribution in [0.15, 0.2) is 152 Å². The fourth-order valence-corrected chi connectivity index (χ4v) is 7.26. The third kappa shape index (κ3) is 3.08. The van der Waals surface area contributed by atoms with Crippen molar-refractivity contribution in [1.82, 2.24) is 0 Å². The number of fused-ring (bicyclic) bond motifs is 5. The van der Waals surface area contributed by atoms with Crippen molar-refractivity contribution < 1.29 is 0 Å². The lowest BCUT2D eigenvalue weighted by molar-refractivity contribution is 0.769. The van der Waals surface area contributed by atoms with Crippen LogP contribution in [0.3, 0.4) is 0 Å². The molecule has 0 heteroatoms. The molecular weight excluding hydrogens is 480 g/mol. The summed E-state index contributed by atoms with van der Waals surface area (Å²) in [6, 6.07) is 56.0. The third-order valence-electron chi connectivity index (χ3n) is 8.95. The van der Waals surface area contributed by atoms with Gasteiger partial charge in [0.1, 0.15) is 0 Å². The van der Waals surface area contributed by atoms with Crippen LogP contribution >= 0.6 is 0 Å². The smallest absolute Gasteiger partial charge is 0.0622 e. The average Bonchev–Trinajstić information content (AvgIpc) is 3.33. The molecule has 0 amide bonds. The van der Waals surface area contributed by atoms with Crippen molar-refractivity contribution in [3.63, 3.8) is 0 Å². The van der Waals surface area contributed by atoms with Crippen molar-refractivity contribution in [2.24, 2.45) is 0 Å². The Labute approximate surface area is 235 Å². The van der Waals surface area contributed by atoms with E-state index >= 15 is 0 Å². The largest absolute Gasteiger partial charge is 0.0713 e. The number of benzene rings is 7. The van der Waals surface area contributed by atoms with Gasteiger partial charge in [-0.15, -0.1) is 0 Å². The molecule has 7 aromatic carbocycles. The first-order valence-corrected chi connectivity index (χ1v) is 14.0. The molecule has 0 radical (unpaired) electrons. The van der Waals surface area contributed by atoms with Crippen molar-refractivity contribution in [2.45, 2.75) is 12.3 Å². The highest BCUT2D eigenvalue weighted by Crippen LogP contribution is 2.57. The van der Waals surface area contributed by atoms with Gasteiger partial charge in [0.25, 0.3) is 0 Å². The van der Waals surface area contributed by atoms with E-state index in [-0.39, 0.29) is 0 Å². The van der Waals surface area contributed by atoms with Crippen LogP contribution in [-0.4, -0.2) is 0 Å². The van der Waals surface area contributed by atoms with E-state index in [1.807, 2.05) is 0 Å². The van der Waals surface area contributed by atoms with Crippen molar-refractivity contribution in [1.29, 1.82) is 0 Å². The molecular formula is C40H28. The van der Waals surface area contributed by atoms with Crippen LogP contribution in [0.1, 0.15) is 27.8 Å². The Balaban J connectivity index is 1.52. The molecule has 188 valence electrons. The van der Waals surface area contributed by atoms with E-state index in [0.717, 1.165) is 0 Å². The lowest BCUT2D eigenvalue weighted by Crippen LogP contribution is -2.28. The summed E-state index contributed by atoms with van der Waals surface area (Å²) in [6.07, 6.45) is 0. The fourth-order valence-electron chi connectivity index (χ4n) is 7.26. The maximum atomic E-state index is 2.48. The van der Waals surface area contributed by atoms with Gasteiger partial charge >= 0.3 is 0 Å². The minimum atomic E-state index is -0.402. The average molecular weight is 509 g/mol. The Hall–Kier alpha value is -4.94. The molecule has 1 aliphatic rings. The zero-order chi connectivity index (χ0) is 26.7. The summed E-state index contributed by atoms with van der Waals surface area (Å²) in [4.78, 5) is 0. The maximum absolute atomic E-state index is 2.48. The summed E-state index contributed by atoms with van der Waals surface area (Å²) in [5.41, 5.74) is 11.4. The molecule has 0 unspecified atom stereocenters. The van der Waals surface area contributed by atoms with E-state index < -0.39 is 5.41 Å². The molecule has 0 aliphatic heterocycles. The van der Waals surface area contributed by atoms with Crippen molar-refractivity contribution in [2.75, 3.05) is 0 Å². The number of hydrogen-bond acceptors (Lipinski definition) is 0. The summed E-state index contributed by atoms with van der Waals surface area (Å²) >= 11 is 0. The second-order valence-corrected chi connectivity index (χ2v) is 10.9. The first kappa shape index (κ1) is 23.0. The van der Waals surface area contributed by atoms with E-state index in [1.54, 1.807) is 0 Å². The second kappa shape index (κ2) is 8.79. The summed E-state index contributed by atoms with van der Waals surface area (Å²) in [5, 5.41) is 5.24. The highest BCUT2D eigenvalue weighted by atomic mass is 14.5. The quantitative estimate of drug-likeness (QED) is 0.208. The van der Waals surface area contributed by atoms with Gasteiger partial charge in [0, 0.05) is 0 Å². The molecule has 0 saturated heterocycles. The zero-order valence-electron chi connectivity index (χ0n) is 22.4. The molecule has 0 saturated carbocycles. The summed E-state index contributed by atoms with van der Waals surface area (Å²) in [6.45, 7) is 2.25. The Morgan fingerprint density at radius 1 is 0.400 bits per heavy atom. The Bertz CT molecular complexity index is 1950. The van der Waals surface area contributed by atoms with Gasteiger partial charge in [-0.05, 0) is 84.6 Å². The standard InChI is InChI=1S/C40H28/c1-27-31-18-8-10-21-35(31)39(36-22-11-9-19-32(27)36)28-24-25-34-33-20-12-13-23-37(33)40(38(34)26-28,29-14-4-2-5-15-29)30-16-6-3-7-17-30/h2-26H,1H3. The second-order valence-electron chi connectivity index (χ2n) is 10.9. The monoisotopic (exact) mass is 508 g/mol. The van der Waals surface area contributed by atoms with Gasteiger partial charge < -0.3 is 0 Å². The molecule has 0 bridgehead atoms. The van der Waals surface area contributed by atoms with E-state index in [0.29, 0.717) is 0 Å². The molecule has 0 spiro atoms. The van der Waals surface area contributed by atoms with Gasteiger partial charge in [0.05, 0.1) is 5.41 Å². The molecule has 0 heterocycles. The van der Waals surface area contributed by atoms with Crippen LogP contribution in [0, 0.1) is 6.92 Å². The van der Waals surface area contributed by atoms with Gasteiger partial charge in [-0.2, -0.15) is 0 Å². The van der Waals surface area contributed by atoms with Crippen LogP contribution in [-0.2, 0) is 5.41 Å². The van der Waals surface area contributed by atoms with E-state index in [4.69, 9.17) is 0 Å². The predicted molar refractivity (Wildman–Crippen MR) is 169 cm³/mol. The van der Waals surface area contributed by atoms with Gasteiger partial charge in [-0.25, -0.2) is 0 Å². The lowest BCUT2D eigenvalue weighted by atomic mass is 9.67. The molecule has 0 atom stereocenters. The Morgan fingerprint density at radius 2 is 0.875 bits per heavy atom. The minimum absolute atomic E-state index is 0.402. The summed E-state index contributed by atoms with van der Waals surface area (Å²) in [5.74, 6) is 0. The number of aryl methyl sites for hydroxylation is 1. The molecule has 40 heavy (non-hydrogen) atoms. The van der Waals surface area contributed by atoms with Gasteiger partial charge in [0.15, 0.2) is 0 Å². The van der Waals surface area contributed by atoms with Gasteiger partial charge in [-0.1, -0.05) is 146 Å². The van der Waals surface area contributed by atoms with Crippen LogP contribution in [0.25, 0.3) is 43.8 Å². The maximum Gasteiger partial charge on any atom is 0.0713 e. The van der Waals surface area contributed by atoms with Crippen molar-refractivity contribution in [3.05, 3.63) is 179 Å². The molecule has 8 rings (SSSR count). The van der Waals surface area contributed by atoms with E-state index in [2.05, 4.69) is 159 Å². The molecule has 1 aliphatic carbocycles. The Kier molecular flexibility index (Phi) is 5.06. The number of rotatable bonds is 3. The van der Waals surface area contributed by atoms with Crippen molar-refractivity contribution >= 4 is 21.5 Å². The van der Waals surface area contributed by atoms with Crippen LogP contribution in [0.4, 0.5) is 0 Å². The molecule has 0 aromatic heterocycles. The van der Waals surface area contributed by atoms with E-state index in [9.17, 15) is 0 Å². The van der Waals surface area contributed by atoms with Crippen molar-refractivity contribution in [3.8, 4) is 22.3 Å². The van der Waals surface area contributed by atoms with Gasteiger partial charge in [-0.3, -0.25) is 0 Å². The topological polar surface area (TPSA) is 0 Å². The highest BCUT2D eigenvalue weighted by molar-refractivity contribution is 6.15. The van der Waals surface area contributed by atoms with Crippen LogP contribution in [0.2, 0.25) is 0 Å². The predicted octanol–water partition coefficient (Wildman–Crippen LogP) is 10.3.